The summed E-state index contributed by atoms with van der Waals surface area (Å²) in [6.45, 7) is 6.41. The van der Waals surface area contributed by atoms with Gasteiger partial charge in [0.05, 0.1) is 11.6 Å². The quantitative estimate of drug-likeness (QED) is 0.682. The molecule has 2 amide bonds. The Labute approximate surface area is 160 Å². The van der Waals surface area contributed by atoms with Gasteiger partial charge in [0.15, 0.2) is 0 Å². The minimum absolute atomic E-state index is 0.0526. The molecule has 1 N–H and O–H groups in total. The molecule has 0 unspecified atom stereocenters. The molecule has 26 heavy (non-hydrogen) atoms. The van der Waals surface area contributed by atoms with Crippen LogP contribution in [0.3, 0.4) is 0 Å². The third-order valence-electron chi connectivity index (χ3n) is 3.80. The average molecular weight is 404 g/mol. The lowest BCUT2D eigenvalue weighted by Crippen LogP contribution is -2.38. The molecule has 1 rings (SSSR count). The van der Waals surface area contributed by atoms with E-state index in [1.165, 1.54) is 34.5 Å². The van der Waals surface area contributed by atoms with Crippen molar-refractivity contribution >= 4 is 33.4 Å². The van der Waals surface area contributed by atoms with Gasteiger partial charge in [-0.15, -0.1) is 0 Å². The number of hydrogen-bond donors (Lipinski definition) is 1. The highest BCUT2D eigenvalue weighted by molar-refractivity contribution is 7.89. The van der Waals surface area contributed by atoms with E-state index in [-0.39, 0.29) is 27.9 Å². The summed E-state index contributed by atoms with van der Waals surface area (Å²) < 4.78 is 26.7. The molecule has 9 heteroatoms. The molecule has 7 nitrogen and oxygen atoms in total. The number of sulfonamides is 1. The summed E-state index contributed by atoms with van der Waals surface area (Å²) in [5.74, 6) is -0.725. The van der Waals surface area contributed by atoms with Gasteiger partial charge in [-0.25, -0.2) is 8.42 Å². The first-order valence-corrected chi connectivity index (χ1v) is 10.3. The van der Waals surface area contributed by atoms with Crippen LogP contribution in [-0.4, -0.2) is 62.7 Å². The minimum Gasteiger partial charge on any atom is -0.355 e. The van der Waals surface area contributed by atoms with Crippen LogP contribution in [0.5, 0.6) is 0 Å². The number of nitrogens with one attached hydrogen (secondary N) is 1. The van der Waals surface area contributed by atoms with Gasteiger partial charge in [0, 0.05) is 32.2 Å². The molecule has 0 aromatic heterocycles. The predicted octanol–water partition coefficient (Wildman–Crippen LogP) is 1.97. The van der Waals surface area contributed by atoms with E-state index >= 15 is 0 Å². The van der Waals surface area contributed by atoms with Gasteiger partial charge in [0.1, 0.15) is 4.90 Å². The van der Waals surface area contributed by atoms with Crippen molar-refractivity contribution in [2.24, 2.45) is 0 Å². The van der Waals surface area contributed by atoms with Gasteiger partial charge in [0.2, 0.25) is 15.9 Å². The number of amides is 2. The molecular weight excluding hydrogens is 378 g/mol. The van der Waals surface area contributed by atoms with Crippen molar-refractivity contribution in [3.05, 3.63) is 28.8 Å². The summed E-state index contributed by atoms with van der Waals surface area (Å²) >= 11 is 6.07. The fourth-order valence-corrected chi connectivity index (χ4v) is 4.32. The van der Waals surface area contributed by atoms with Crippen molar-refractivity contribution in [1.82, 2.24) is 14.5 Å². The highest BCUT2D eigenvalue weighted by Gasteiger charge is 2.26. The molecule has 0 heterocycles. The summed E-state index contributed by atoms with van der Waals surface area (Å²) in [5, 5.41) is 2.74. The number of benzene rings is 1. The fourth-order valence-electron chi connectivity index (χ4n) is 2.36. The first kappa shape index (κ1) is 22.4. The largest absolute Gasteiger partial charge is 0.355 e. The lowest BCUT2D eigenvalue weighted by molar-refractivity contribution is -0.121. The van der Waals surface area contributed by atoms with Crippen LogP contribution in [0.2, 0.25) is 5.02 Å². The molecule has 0 spiro atoms. The number of likely N-dealkylation sites (N-methyl/N-ethyl adjacent to an activating group) is 1. The molecule has 0 saturated heterocycles. The molecule has 0 bridgehead atoms. The third kappa shape index (κ3) is 5.43. The van der Waals surface area contributed by atoms with E-state index in [0.29, 0.717) is 19.6 Å². The maximum Gasteiger partial charge on any atom is 0.254 e. The second kappa shape index (κ2) is 9.89. The first-order valence-electron chi connectivity index (χ1n) is 8.50. The van der Waals surface area contributed by atoms with E-state index in [1.54, 1.807) is 13.8 Å². The highest BCUT2D eigenvalue weighted by atomic mass is 35.5. The van der Waals surface area contributed by atoms with Crippen molar-refractivity contribution < 1.29 is 18.0 Å². The minimum atomic E-state index is -3.80. The topological polar surface area (TPSA) is 86.8 Å². The van der Waals surface area contributed by atoms with E-state index in [2.05, 4.69) is 5.32 Å². The predicted molar refractivity (Wildman–Crippen MR) is 102 cm³/mol. The van der Waals surface area contributed by atoms with Crippen molar-refractivity contribution in [1.29, 1.82) is 0 Å². The number of carbonyl (C=O) groups excluding carboxylic acids is 2. The van der Waals surface area contributed by atoms with Crippen molar-refractivity contribution in [2.75, 3.05) is 33.2 Å². The summed E-state index contributed by atoms with van der Waals surface area (Å²) in [7, 11) is -2.31. The Morgan fingerprint density at radius 1 is 1.15 bits per heavy atom. The third-order valence-corrected chi connectivity index (χ3v) is 6.33. The zero-order chi connectivity index (χ0) is 19.9. The molecule has 0 saturated carbocycles. The normalized spacial score (nSPS) is 11.5. The van der Waals surface area contributed by atoms with Crippen LogP contribution in [-0.2, 0) is 14.8 Å². The molecule has 0 radical (unpaired) electrons. The maximum absolute atomic E-state index is 12.7. The number of hydrogen-bond acceptors (Lipinski definition) is 4. The summed E-state index contributed by atoms with van der Waals surface area (Å²) in [5.41, 5.74) is 0.158. The molecule has 0 aliphatic carbocycles. The lowest BCUT2D eigenvalue weighted by atomic mass is 10.2. The zero-order valence-electron chi connectivity index (χ0n) is 15.6. The highest BCUT2D eigenvalue weighted by Crippen LogP contribution is 2.26. The number of carbonyl (C=O) groups is 2. The Hall–Kier alpha value is -1.64. The Morgan fingerprint density at radius 3 is 2.31 bits per heavy atom. The molecule has 1 aromatic carbocycles. The zero-order valence-corrected chi connectivity index (χ0v) is 17.2. The maximum atomic E-state index is 12.7. The van der Waals surface area contributed by atoms with Gasteiger partial charge in [-0.2, -0.15) is 4.31 Å². The first-order chi connectivity index (χ1) is 12.2. The van der Waals surface area contributed by atoms with Gasteiger partial charge in [-0.1, -0.05) is 32.4 Å². The van der Waals surface area contributed by atoms with E-state index in [9.17, 15) is 18.0 Å². The average Bonchev–Trinajstić information content (AvgIpc) is 2.60. The second-order valence-electron chi connectivity index (χ2n) is 5.75. The van der Waals surface area contributed by atoms with Crippen LogP contribution in [0.25, 0.3) is 0 Å². The molecule has 0 aliphatic rings. The fraction of sp³-hybridized carbons (Fsp3) is 0.529. The summed E-state index contributed by atoms with van der Waals surface area (Å²) in [4.78, 5) is 25.4. The summed E-state index contributed by atoms with van der Waals surface area (Å²) in [6.07, 6.45) is 0.799. The standard InChI is InChI=1S/C17H26ClN3O4S/c1-5-10-19-16(22)12-20(4)17(23)13-8-9-14(18)15(11-13)26(24,25)21(6-2)7-3/h8-9,11H,5-7,10,12H2,1-4H3,(H,19,22). The van der Waals surface area contributed by atoms with Crippen LogP contribution in [0.15, 0.2) is 23.1 Å². The van der Waals surface area contributed by atoms with Crippen molar-refractivity contribution in [3.63, 3.8) is 0 Å². The van der Waals surface area contributed by atoms with Gasteiger partial charge in [-0.3, -0.25) is 9.59 Å². The Balaban J connectivity index is 3.09. The number of nitrogens with zero attached hydrogens (tertiary/aromatic N) is 2. The van der Waals surface area contributed by atoms with Crippen LogP contribution in [0, 0.1) is 0 Å². The Morgan fingerprint density at radius 2 is 1.77 bits per heavy atom. The number of rotatable bonds is 9. The Kier molecular flexibility index (Phi) is 8.52. The monoisotopic (exact) mass is 403 g/mol. The molecule has 0 aliphatic heterocycles. The van der Waals surface area contributed by atoms with E-state index < -0.39 is 15.9 Å². The second-order valence-corrected chi connectivity index (χ2v) is 8.06. The van der Waals surface area contributed by atoms with Crippen LogP contribution in [0.1, 0.15) is 37.6 Å². The number of halogens is 1. The molecular formula is C17H26ClN3O4S. The lowest BCUT2D eigenvalue weighted by Gasteiger charge is -2.21. The summed E-state index contributed by atoms with van der Waals surface area (Å²) in [6, 6.07) is 4.10. The smallest absolute Gasteiger partial charge is 0.254 e. The van der Waals surface area contributed by atoms with Gasteiger partial charge >= 0.3 is 0 Å². The molecule has 0 fully saturated rings. The molecule has 1 aromatic rings. The van der Waals surface area contributed by atoms with E-state index in [4.69, 9.17) is 11.6 Å². The van der Waals surface area contributed by atoms with Gasteiger partial charge < -0.3 is 10.2 Å². The SMILES string of the molecule is CCCNC(=O)CN(C)C(=O)c1ccc(Cl)c(S(=O)(=O)N(CC)CC)c1. The van der Waals surface area contributed by atoms with Crippen LogP contribution in [0.4, 0.5) is 0 Å². The van der Waals surface area contributed by atoms with Gasteiger partial charge in [-0.05, 0) is 24.6 Å². The van der Waals surface area contributed by atoms with E-state index in [1.807, 2.05) is 6.92 Å². The van der Waals surface area contributed by atoms with Crippen molar-refractivity contribution in [3.8, 4) is 0 Å². The van der Waals surface area contributed by atoms with Gasteiger partial charge in [0.25, 0.3) is 5.91 Å². The Bertz CT molecular complexity index is 748. The molecule has 146 valence electrons. The van der Waals surface area contributed by atoms with Crippen LogP contribution < -0.4 is 5.32 Å². The van der Waals surface area contributed by atoms with E-state index in [0.717, 1.165) is 6.42 Å². The molecule has 0 atom stereocenters. The van der Waals surface area contributed by atoms with Crippen molar-refractivity contribution in [2.45, 2.75) is 32.1 Å². The van der Waals surface area contributed by atoms with Crippen LogP contribution >= 0.6 is 11.6 Å².